The van der Waals surface area contributed by atoms with E-state index in [0.29, 0.717) is 5.69 Å². The molecule has 2 N–H and O–H groups in total. The molecule has 104 valence electrons. The third kappa shape index (κ3) is 2.59. The van der Waals surface area contributed by atoms with Crippen molar-refractivity contribution in [2.24, 2.45) is 0 Å². The summed E-state index contributed by atoms with van der Waals surface area (Å²) in [4.78, 5) is 16.8. The summed E-state index contributed by atoms with van der Waals surface area (Å²) >= 11 is 0. The molecule has 1 aromatic rings. The second kappa shape index (κ2) is 4.85. The third-order valence-corrected chi connectivity index (χ3v) is 4.21. The van der Waals surface area contributed by atoms with Crippen molar-refractivity contribution in [1.29, 1.82) is 0 Å². The minimum absolute atomic E-state index is 0.0160. The van der Waals surface area contributed by atoms with Gasteiger partial charge >= 0.3 is 0 Å². The number of nitrogen functional groups attached to an aromatic ring is 1. The standard InChI is InChI=1S/C15H23N3O/c1-11-12(6-5-7-13(11)16)14(19)18-9-8-17(4)15(2,3)10-18/h5-7H,8-10,16H2,1-4H3. The molecule has 4 heteroatoms. The smallest absolute Gasteiger partial charge is 0.254 e. The van der Waals surface area contributed by atoms with E-state index in [2.05, 4.69) is 25.8 Å². The molecule has 1 heterocycles. The zero-order valence-corrected chi connectivity index (χ0v) is 12.2. The summed E-state index contributed by atoms with van der Waals surface area (Å²) in [6.45, 7) is 8.66. The van der Waals surface area contributed by atoms with E-state index in [1.165, 1.54) is 0 Å². The number of likely N-dealkylation sites (N-methyl/N-ethyl adjacent to an activating group) is 1. The van der Waals surface area contributed by atoms with Gasteiger partial charge in [-0.05, 0) is 45.5 Å². The van der Waals surface area contributed by atoms with Crippen molar-refractivity contribution < 1.29 is 4.79 Å². The second-order valence-electron chi connectivity index (χ2n) is 5.98. The Kier molecular flexibility index (Phi) is 3.54. The molecule has 4 nitrogen and oxygen atoms in total. The van der Waals surface area contributed by atoms with Crippen LogP contribution < -0.4 is 5.73 Å². The van der Waals surface area contributed by atoms with Crippen molar-refractivity contribution in [2.45, 2.75) is 26.3 Å². The Morgan fingerprint density at radius 1 is 1.32 bits per heavy atom. The number of nitrogens with zero attached hydrogens (tertiary/aromatic N) is 2. The Morgan fingerprint density at radius 3 is 2.63 bits per heavy atom. The van der Waals surface area contributed by atoms with Crippen LogP contribution in [-0.2, 0) is 0 Å². The van der Waals surface area contributed by atoms with Gasteiger partial charge in [0, 0.05) is 36.4 Å². The van der Waals surface area contributed by atoms with Crippen LogP contribution >= 0.6 is 0 Å². The average Bonchev–Trinajstić information content (AvgIpc) is 2.35. The van der Waals surface area contributed by atoms with Crippen LogP contribution in [0.3, 0.4) is 0 Å². The van der Waals surface area contributed by atoms with Gasteiger partial charge in [-0.1, -0.05) is 6.07 Å². The lowest BCUT2D eigenvalue weighted by molar-refractivity contribution is 0.0311. The maximum absolute atomic E-state index is 12.6. The fourth-order valence-corrected chi connectivity index (χ4v) is 2.47. The number of benzene rings is 1. The monoisotopic (exact) mass is 261 g/mol. The van der Waals surface area contributed by atoms with Gasteiger partial charge in [0.2, 0.25) is 0 Å². The van der Waals surface area contributed by atoms with Crippen LogP contribution in [0.2, 0.25) is 0 Å². The first-order chi connectivity index (χ1) is 8.83. The average molecular weight is 261 g/mol. The van der Waals surface area contributed by atoms with Crippen molar-refractivity contribution in [2.75, 3.05) is 32.4 Å². The fourth-order valence-electron chi connectivity index (χ4n) is 2.47. The largest absolute Gasteiger partial charge is 0.398 e. The van der Waals surface area contributed by atoms with Gasteiger partial charge in [-0.2, -0.15) is 0 Å². The van der Waals surface area contributed by atoms with Crippen LogP contribution in [0.4, 0.5) is 5.69 Å². The van der Waals surface area contributed by atoms with Crippen molar-refractivity contribution >= 4 is 11.6 Å². The van der Waals surface area contributed by atoms with Gasteiger partial charge in [0.15, 0.2) is 0 Å². The van der Waals surface area contributed by atoms with Crippen LogP contribution in [0, 0.1) is 6.92 Å². The maximum Gasteiger partial charge on any atom is 0.254 e. The highest BCUT2D eigenvalue weighted by molar-refractivity contribution is 5.97. The number of hydrogen-bond donors (Lipinski definition) is 1. The molecule has 2 rings (SSSR count). The van der Waals surface area contributed by atoms with E-state index in [1.54, 1.807) is 0 Å². The predicted octanol–water partition coefficient (Wildman–Crippen LogP) is 1.74. The molecular formula is C15H23N3O. The van der Waals surface area contributed by atoms with Gasteiger partial charge in [-0.25, -0.2) is 0 Å². The van der Waals surface area contributed by atoms with Crippen LogP contribution in [0.5, 0.6) is 0 Å². The molecular weight excluding hydrogens is 238 g/mol. The highest BCUT2D eigenvalue weighted by Crippen LogP contribution is 2.23. The Bertz CT molecular complexity index is 496. The van der Waals surface area contributed by atoms with E-state index < -0.39 is 0 Å². The molecule has 0 spiro atoms. The first kappa shape index (κ1) is 13.9. The summed E-state index contributed by atoms with van der Waals surface area (Å²) in [5, 5.41) is 0. The van der Waals surface area contributed by atoms with Crippen molar-refractivity contribution in [3.8, 4) is 0 Å². The number of nitrogens with two attached hydrogens (primary N) is 1. The fraction of sp³-hybridized carbons (Fsp3) is 0.533. The third-order valence-electron chi connectivity index (χ3n) is 4.21. The van der Waals surface area contributed by atoms with Gasteiger partial charge in [0.25, 0.3) is 5.91 Å². The zero-order valence-electron chi connectivity index (χ0n) is 12.2. The minimum Gasteiger partial charge on any atom is -0.398 e. The topological polar surface area (TPSA) is 49.6 Å². The second-order valence-corrected chi connectivity index (χ2v) is 5.98. The molecule has 0 aromatic heterocycles. The van der Waals surface area contributed by atoms with E-state index in [1.807, 2.05) is 30.0 Å². The van der Waals surface area contributed by atoms with Crippen molar-refractivity contribution in [1.82, 2.24) is 9.80 Å². The number of carbonyl (C=O) groups excluding carboxylic acids is 1. The van der Waals surface area contributed by atoms with Gasteiger partial charge in [-0.15, -0.1) is 0 Å². The SMILES string of the molecule is Cc1c(N)cccc1C(=O)N1CCN(C)C(C)(C)C1. The number of anilines is 1. The minimum atomic E-state index is 0.0160. The summed E-state index contributed by atoms with van der Waals surface area (Å²) in [5.74, 6) is 0.0889. The van der Waals surface area contributed by atoms with Crippen LogP contribution in [-0.4, -0.2) is 47.9 Å². The van der Waals surface area contributed by atoms with Gasteiger partial charge in [-0.3, -0.25) is 9.69 Å². The molecule has 0 saturated carbocycles. The molecule has 1 aliphatic heterocycles. The first-order valence-electron chi connectivity index (χ1n) is 6.68. The quantitative estimate of drug-likeness (QED) is 0.783. The molecule has 0 unspecified atom stereocenters. The van der Waals surface area contributed by atoms with Crippen LogP contribution in [0.1, 0.15) is 29.8 Å². The van der Waals surface area contributed by atoms with E-state index in [4.69, 9.17) is 5.73 Å². The van der Waals surface area contributed by atoms with Gasteiger partial charge < -0.3 is 10.6 Å². The Morgan fingerprint density at radius 2 is 2.00 bits per heavy atom. The number of rotatable bonds is 1. The summed E-state index contributed by atoms with van der Waals surface area (Å²) < 4.78 is 0. The van der Waals surface area contributed by atoms with Gasteiger partial charge in [0.05, 0.1) is 0 Å². The molecule has 0 aliphatic carbocycles. The molecule has 0 atom stereocenters. The summed E-state index contributed by atoms with van der Waals surface area (Å²) in [6.07, 6.45) is 0. The highest BCUT2D eigenvalue weighted by atomic mass is 16.2. The summed E-state index contributed by atoms with van der Waals surface area (Å²) in [5.41, 5.74) is 8.18. The maximum atomic E-state index is 12.6. The van der Waals surface area contributed by atoms with Crippen molar-refractivity contribution in [3.05, 3.63) is 29.3 Å². The normalized spacial score (nSPS) is 19.5. The summed E-state index contributed by atoms with van der Waals surface area (Å²) in [6, 6.07) is 5.54. The molecule has 1 aliphatic rings. The molecule has 1 aromatic carbocycles. The lowest BCUT2D eigenvalue weighted by Gasteiger charge is -2.45. The van der Waals surface area contributed by atoms with E-state index in [0.717, 1.165) is 30.8 Å². The van der Waals surface area contributed by atoms with Crippen molar-refractivity contribution in [3.63, 3.8) is 0 Å². The van der Waals surface area contributed by atoms with Crippen LogP contribution in [0.15, 0.2) is 18.2 Å². The lowest BCUT2D eigenvalue weighted by atomic mass is 9.98. The molecule has 1 fully saturated rings. The van der Waals surface area contributed by atoms with Gasteiger partial charge in [0.1, 0.15) is 0 Å². The number of hydrogen-bond acceptors (Lipinski definition) is 3. The predicted molar refractivity (Wildman–Crippen MR) is 78.2 cm³/mol. The number of carbonyl (C=O) groups is 1. The molecule has 0 bridgehead atoms. The van der Waals surface area contributed by atoms with E-state index >= 15 is 0 Å². The van der Waals surface area contributed by atoms with E-state index in [9.17, 15) is 4.79 Å². The van der Waals surface area contributed by atoms with Crippen LogP contribution in [0.25, 0.3) is 0 Å². The molecule has 19 heavy (non-hydrogen) atoms. The van der Waals surface area contributed by atoms with E-state index in [-0.39, 0.29) is 11.4 Å². The number of amides is 1. The first-order valence-corrected chi connectivity index (χ1v) is 6.68. The highest BCUT2D eigenvalue weighted by Gasteiger charge is 2.33. The molecule has 0 radical (unpaired) electrons. The summed E-state index contributed by atoms with van der Waals surface area (Å²) in [7, 11) is 2.10. The zero-order chi connectivity index (χ0) is 14.2. The lowest BCUT2D eigenvalue weighted by Crippen LogP contribution is -2.58. The Labute approximate surface area is 115 Å². The Hall–Kier alpha value is -1.55. The molecule has 1 amide bonds. The Balaban J connectivity index is 2.23. The number of piperazine rings is 1. The molecule has 1 saturated heterocycles.